The maximum Gasteiger partial charge on any atom is 0.508 e. The number of rotatable bonds is 3. The van der Waals surface area contributed by atoms with Gasteiger partial charge >= 0.3 is 6.16 Å². The van der Waals surface area contributed by atoms with E-state index in [-0.39, 0.29) is 12.0 Å². The molecule has 16 heavy (non-hydrogen) atoms. The van der Waals surface area contributed by atoms with E-state index in [1.165, 1.54) is 0 Å². The van der Waals surface area contributed by atoms with Gasteiger partial charge in [0.1, 0.15) is 12.7 Å². The van der Waals surface area contributed by atoms with Gasteiger partial charge in [0.05, 0.1) is 6.33 Å². The maximum atomic E-state index is 10.9. The monoisotopic (exact) mass is 222 g/mol. The fourth-order valence-electron chi connectivity index (χ4n) is 1.78. The van der Waals surface area contributed by atoms with Crippen molar-refractivity contribution in [2.24, 2.45) is 13.0 Å². The summed E-state index contributed by atoms with van der Waals surface area (Å²) in [4.78, 5) is 15.0. The Labute approximate surface area is 93.7 Å². The van der Waals surface area contributed by atoms with Crippen molar-refractivity contribution in [3.63, 3.8) is 0 Å². The molecule has 1 aliphatic heterocycles. The van der Waals surface area contributed by atoms with Crippen molar-refractivity contribution in [1.29, 1.82) is 0 Å². The Balaban J connectivity index is 2.06. The Morgan fingerprint density at radius 3 is 3.19 bits per heavy atom. The Bertz CT molecular complexity index is 400. The number of hydrogen-bond donors (Lipinski definition) is 0. The summed E-state index contributed by atoms with van der Waals surface area (Å²) in [6.45, 7) is 4.03. The van der Waals surface area contributed by atoms with Crippen molar-refractivity contribution >= 4 is 6.16 Å². The molecule has 0 amide bonds. The molecule has 0 saturated carbocycles. The Hall–Kier alpha value is -1.78. The second-order valence-electron chi connectivity index (χ2n) is 3.84. The molecule has 1 aliphatic rings. The van der Waals surface area contributed by atoms with Crippen LogP contribution >= 0.6 is 0 Å². The van der Waals surface area contributed by atoms with Crippen molar-refractivity contribution in [2.75, 3.05) is 6.61 Å². The number of cyclic esters (lactones) is 2. The molecule has 86 valence electrons. The molecular weight excluding hydrogens is 208 g/mol. The van der Waals surface area contributed by atoms with Gasteiger partial charge in [0.15, 0.2) is 0 Å². The van der Waals surface area contributed by atoms with Gasteiger partial charge in [-0.1, -0.05) is 12.7 Å². The van der Waals surface area contributed by atoms with Crippen LogP contribution in [0.25, 0.3) is 0 Å². The zero-order valence-corrected chi connectivity index (χ0v) is 9.13. The second kappa shape index (κ2) is 4.38. The Morgan fingerprint density at radius 2 is 2.56 bits per heavy atom. The van der Waals surface area contributed by atoms with Gasteiger partial charge in [-0.05, 0) is 6.42 Å². The fraction of sp³-hybridized carbons (Fsp3) is 0.455. The van der Waals surface area contributed by atoms with Crippen LogP contribution in [0, 0.1) is 5.92 Å². The topological polar surface area (TPSA) is 53.4 Å². The Morgan fingerprint density at radius 1 is 1.75 bits per heavy atom. The first-order valence-corrected chi connectivity index (χ1v) is 5.12. The number of carbonyl (C=O) groups is 1. The SMILES string of the molecule is C=CC1OC(=O)OCC1Cc1cncn1C. The molecule has 5 nitrogen and oxygen atoms in total. The minimum absolute atomic E-state index is 0.102. The molecule has 1 aromatic heterocycles. The lowest BCUT2D eigenvalue weighted by Crippen LogP contribution is -2.36. The minimum Gasteiger partial charge on any atom is -0.434 e. The van der Waals surface area contributed by atoms with Crippen LogP contribution in [0.15, 0.2) is 25.2 Å². The van der Waals surface area contributed by atoms with Crippen LogP contribution in [0.5, 0.6) is 0 Å². The summed E-state index contributed by atoms with van der Waals surface area (Å²) >= 11 is 0. The molecule has 5 heteroatoms. The van der Waals surface area contributed by atoms with Gasteiger partial charge in [-0.25, -0.2) is 9.78 Å². The molecule has 2 atom stereocenters. The normalized spacial score (nSPS) is 24.7. The lowest BCUT2D eigenvalue weighted by molar-refractivity contribution is -0.0405. The third-order valence-electron chi connectivity index (χ3n) is 2.73. The first-order valence-electron chi connectivity index (χ1n) is 5.12. The number of aryl methyl sites for hydroxylation is 1. The average molecular weight is 222 g/mol. The summed E-state index contributed by atoms with van der Waals surface area (Å²) in [5.74, 6) is 0.102. The summed E-state index contributed by atoms with van der Waals surface area (Å²) in [5, 5.41) is 0. The van der Waals surface area contributed by atoms with Crippen LogP contribution in [0.4, 0.5) is 4.79 Å². The van der Waals surface area contributed by atoms with Crippen LogP contribution in [0.2, 0.25) is 0 Å². The van der Waals surface area contributed by atoms with Crippen molar-refractivity contribution < 1.29 is 14.3 Å². The van der Waals surface area contributed by atoms with Gasteiger partial charge < -0.3 is 14.0 Å². The van der Waals surface area contributed by atoms with Crippen molar-refractivity contribution in [3.8, 4) is 0 Å². The highest BCUT2D eigenvalue weighted by molar-refractivity contribution is 5.61. The molecule has 2 rings (SSSR count). The molecule has 0 N–H and O–H groups in total. The first-order chi connectivity index (χ1) is 7.70. The van der Waals surface area contributed by atoms with Gasteiger partial charge in [0.2, 0.25) is 0 Å². The smallest absolute Gasteiger partial charge is 0.434 e. The maximum absolute atomic E-state index is 10.9. The first kappa shape index (κ1) is 10.7. The van der Waals surface area contributed by atoms with E-state index in [0.717, 1.165) is 12.1 Å². The van der Waals surface area contributed by atoms with Crippen molar-refractivity contribution in [1.82, 2.24) is 9.55 Å². The molecular formula is C11H14N2O3. The molecule has 0 aromatic carbocycles. The second-order valence-corrected chi connectivity index (χ2v) is 3.84. The lowest BCUT2D eigenvalue weighted by Gasteiger charge is -2.28. The largest absolute Gasteiger partial charge is 0.508 e. The number of carbonyl (C=O) groups excluding carboxylic acids is 1. The van der Waals surface area contributed by atoms with Crippen LogP contribution in [0.3, 0.4) is 0 Å². The quantitative estimate of drug-likeness (QED) is 0.571. The molecule has 0 radical (unpaired) electrons. The van der Waals surface area contributed by atoms with Gasteiger partial charge in [-0.15, -0.1) is 0 Å². The summed E-state index contributed by atoms with van der Waals surface area (Å²) in [6, 6.07) is 0. The van der Waals surface area contributed by atoms with E-state index in [0.29, 0.717) is 6.61 Å². The van der Waals surface area contributed by atoms with E-state index < -0.39 is 6.16 Å². The highest BCUT2D eigenvalue weighted by Crippen LogP contribution is 2.20. The number of ether oxygens (including phenoxy) is 2. The third-order valence-corrected chi connectivity index (χ3v) is 2.73. The summed E-state index contributed by atoms with van der Waals surface area (Å²) in [7, 11) is 1.93. The fourth-order valence-corrected chi connectivity index (χ4v) is 1.78. The molecule has 2 unspecified atom stereocenters. The number of nitrogens with zero attached hydrogens (tertiary/aromatic N) is 2. The van der Waals surface area contributed by atoms with E-state index in [1.807, 2.05) is 11.6 Å². The van der Waals surface area contributed by atoms with Crippen molar-refractivity contribution in [3.05, 3.63) is 30.9 Å². The van der Waals surface area contributed by atoms with E-state index in [4.69, 9.17) is 9.47 Å². The summed E-state index contributed by atoms with van der Waals surface area (Å²) in [5.41, 5.74) is 1.08. The lowest BCUT2D eigenvalue weighted by atomic mass is 9.97. The molecule has 2 heterocycles. The van der Waals surface area contributed by atoms with Crippen LogP contribution < -0.4 is 0 Å². The summed E-state index contributed by atoms with van der Waals surface area (Å²) < 4.78 is 11.8. The Kier molecular flexibility index (Phi) is 2.94. The predicted octanol–water partition coefficient (Wildman–Crippen LogP) is 1.30. The molecule has 1 saturated heterocycles. The van der Waals surface area contributed by atoms with E-state index >= 15 is 0 Å². The van der Waals surface area contributed by atoms with Gasteiger partial charge in [-0.3, -0.25) is 0 Å². The van der Waals surface area contributed by atoms with Crippen LogP contribution in [0.1, 0.15) is 5.69 Å². The standard InChI is InChI=1S/C11H14N2O3/c1-3-10-8(6-15-11(14)16-10)4-9-5-12-7-13(9)2/h3,5,7-8,10H,1,4,6H2,2H3. The number of aromatic nitrogens is 2. The number of hydrogen-bond acceptors (Lipinski definition) is 4. The zero-order valence-electron chi connectivity index (χ0n) is 9.13. The molecule has 1 aromatic rings. The summed E-state index contributed by atoms with van der Waals surface area (Å²) in [6.07, 6.45) is 5.04. The van der Waals surface area contributed by atoms with Gasteiger partial charge in [0, 0.05) is 24.9 Å². The van der Waals surface area contributed by atoms with Crippen LogP contribution in [-0.2, 0) is 22.9 Å². The van der Waals surface area contributed by atoms with Crippen molar-refractivity contribution in [2.45, 2.75) is 12.5 Å². The highest BCUT2D eigenvalue weighted by atomic mass is 16.7. The zero-order chi connectivity index (χ0) is 11.5. The molecule has 0 spiro atoms. The predicted molar refractivity (Wildman–Crippen MR) is 56.8 cm³/mol. The van der Waals surface area contributed by atoms with Gasteiger partial charge in [0.25, 0.3) is 0 Å². The highest BCUT2D eigenvalue weighted by Gasteiger charge is 2.30. The minimum atomic E-state index is -0.619. The van der Waals surface area contributed by atoms with E-state index in [9.17, 15) is 4.79 Å². The van der Waals surface area contributed by atoms with E-state index in [2.05, 4.69) is 11.6 Å². The average Bonchev–Trinajstić information content (AvgIpc) is 2.67. The number of imidazole rings is 1. The van der Waals surface area contributed by atoms with Gasteiger partial charge in [-0.2, -0.15) is 0 Å². The molecule has 1 fully saturated rings. The molecule has 0 bridgehead atoms. The van der Waals surface area contributed by atoms with E-state index in [1.54, 1.807) is 18.6 Å². The molecule has 0 aliphatic carbocycles. The van der Waals surface area contributed by atoms with Crippen LogP contribution in [-0.4, -0.2) is 28.4 Å². The third kappa shape index (κ3) is 2.08.